The van der Waals surface area contributed by atoms with Crippen LogP contribution in [0.2, 0.25) is 0 Å². The summed E-state index contributed by atoms with van der Waals surface area (Å²) < 4.78 is 0. The van der Waals surface area contributed by atoms with Gasteiger partial charge in [-0.25, -0.2) is 0 Å². The van der Waals surface area contributed by atoms with E-state index in [4.69, 9.17) is 0 Å². The summed E-state index contributed by atoms with van der Waals surface area (Å²) in [6, 6.07) is 11.9. The first-order chi connectivity index (χ1) is 9.18. The molecule has 2 N–H and O–H groups in total. The summed E-state index contributed by atoms with van der Waals surface area (Å²) in [5.74, 6) is 0. The van der Waals surface area contributed by atoms with Crippen molar-refractivity contribution < 1.29 is 5.11 Å². The Kier molecular flexibility index (Phi) is 4.66. The van der Waals surface area contributed by atoms with Gasteiger partial charge in [-0.15, -0.1) is 0 Å². The molecule has 0 amide bonds. The zero-order valence-electron chi connectivity index (χ0n) is 11.4. The number of pyridine rings is 1. The Morgan fingerprint density at radius 1 is 1.16 bits per heavy atom. The molecule has 19 heavy (non-hydrogen) atoms. The van der Waals surface area contributed by atoms with Gasteiger partial charge in [-0.2, -0.15) is 0 Å². The molecule has 1 aromatic heterocycles. The molecule has 0 aliphatic heterocycles. The van der Waals surface area contributed by atoms with E-state index in [1.165, 1.54) is 5.56 Å². The molecule has 2 rings (SSSR count). The van der Waals surface area contributed by atoms with E-state index < -0.39 is 6.10 Å². The summed E-state index contributed by atoms with van der Waals surface area (Å²) >= 11 is 0. The number of aliphatic hydroxyl groups is 1. The third kappa shape index (κ3) is 3.63. The second kappa shape index (κ2) is 6.45. The minimum absolute atomic E-state index is 0.474. The van der Waals surface area contributed by atoms with Crippen LogP contribution in [0.1, 0.15) is 28.5 Å². The van der Waals surface area contributed by atoms with E-state index in [0.29, 0.717) is 6.54 Å². The van der Waals surface area contributed by atoms with Crippen molar-refractivity contribution in [2.75, 3.05) is 6.54 Å². The smallest absolute Gasteiger partial charge is 0.0917 e. The van der Waals surface area contributed by atoms with Crippen LogP contribution in [0.3, 0.4) is 0 Å². The molecule has 0 saturated carbocycles. The number of rotatable bonds is 5. The van der Waals surface area contributed by atoms with Gasteiger partial charge in [-0.05, 0) is 36.6 Å². The number of hydrogen-bond donors (Lipinski definition) is 2. The van der Waals surface area contributed by atoms with E-state index in [-0.39, 0.29) is 0 Å². The minimum atomic E-state index is -0.474. The second-order valence-electron chi connectivity index (χ2n) is 4.75. The highest BCUT2D eigenvalue weighted by Crippen LogP contribution is 2.16. The third-order valence-electron chi connectivity index (χ3n) is 3.32. The molecule has 0 fully saturated rings. The van der Waals surface area contributed by atoms with Gasteiger partial charge in [-0.3, -0.25) is 4.98 Å². The fourth-order valence-electron chi connectivity index (χ4n) is 2.12. The maximum atomic E-state index is 10.2. The highest BCUT2D eigenvalue weighted by molar-refractivity contribution is 5.27. The number of aromatic nitrogens is 1. The largest absolute Gasteiger partial charge is 0.387 e. The molecule has 2 aromatic rings. The fraction of sp³-hybridized carbons (Fsp3) is 0.312. The van der Waals surface area contributed by atoms with E-state index >= 15 is 0 Å². The lowest BCUT2D eigenvalue weighted by molar-refractivity contribution is 0.173. The van der Waals surface area contributed by atoms with Crippen molar-refractivity contribution in [1.29, 1.82) is 0 Å². The van der Waals surface area contributed by atoms with Gasteiger partial charge in [0.2, 0.25) is 0 Å². The molecular formula is C16H20N2O. The lowest BCUT2D eigenvalue weighted by Crippen LogP contribution is -2.22. The van der Waals surface area contributed by atoms with Gasteiger partial charge in [0.05, 0.1) is 6.10 Å². The number of aliphatic hydroxyl groups excluding tert-OH is 1. The van der Waals surface area contributed by atoms with E-state index in [0.717, 1.165) is 23.4 Å². The Labute approximate surface area is 114 Å². The normalized spacial score (nSPS) is 12.4. The second-order valence-corrected chi connectivity index (χ2v) is 4.75. The van der Waals surface area contributed by atoms with Crippen LogP contribution in [0.5, 0.6) is 0 Å². The maximum absolute atomic E-state index is 10.2. The molecule has 1 atom stereocenters. The van der Waals surface area contributed by atoms with Gasteiger partial charge in [0, 0.05) is 25.0 Å². The van der Waals surface area contributed by atoms with Crippen molar-refractivity contribution in [2.45, 2.75) is 26.5 Å². The highest BCUT2D eigenvalue weighted by atomic mass is 16.3. The molecule has 0 aliphatic carbocycles. The van der Waals surface area contributed by atoms with Gasteiger partial charge in [0.15, 0.2) is 0 Å². The number of nitrogens with zero attached hydrogens (tertiary/aromatic N) is 1. The molecule has 3 heteroatoms. The summed E-state index contributed by atoms with van der Waals surface area (Å²) in [6.45, 7) is 5.28. The lowest BCUT2D eigenvalue weighted by atomic mass is 10.0. The molecule has 0 aliphatic rings. The molecule has 0 radical (unpaired) electrons. The van der Waals surface area contributed by atoms with E-state index in [1.54, 1.807) is 6.20 Å². The van der Waals surface area contributed by atoms with Gasteiger partial charge in [-0.1, -0.05) is 30.3 Å². The Bertz CT molecular complexity index is 540. The van der Waals surface area contributed by atoms with Crippen molar-refractivity contribution in [2.24, 2.45) is 0 Å². The van der Waals surface area contributed by atoms with E-state index in [1.807, 2.05) is 44.2 Å². The minimum Gasteiger partial charge on any atom is -0.387 e. The average molecular weight is 256 g/mol. The van der Waals surface area contributed by atoms with Gasteiger partial charge < -0.3 is 10.4 Å². The lowest BCUT2D eigenvalue weighted by Gasteiger charge is -2.15. The number of aryl methyl sites for hydroxylation is 2. The molecular weight excluding hydrogens is 236 g/mol. The Hall–Kier alpha value is -1.71. The van der Waals surface area contributed by atoms with Crippen LogP contribution in [0.15, 0.2) is 42.6 Å². The first-order valence-corrected chi connectivity index (χ1v) is 6.53. The van der Waals surface area contributed by atoms with Crippen molar-refractivity contribution in [3.63, 3.8) is 0 Å². The van der Waals surface area contributed by atoms with Crippen molar-refractivity contribution in [3.05, 3.63) is 65.0 Å². The topological polar surface area (TPSA) is 45.1 Å². The molecule has 0 spiro atoms. The molecule has 1 aromatic carbocycles. The SMILES string of the molecule is Cc1ccccc1C(O)CNCc1cccnc1C. The zero-order valence-corrected chi connectivity index (χ0v) is 11.4. The van der Waals surface area contributed by atoms with Crippen LogP contribution < -0.4 is 5.32 Å². The maximum Gasteiger partial charge on any atom is 0.0917 e. The molecule has 1 unspecified atom stereocenters. The molecule has 3 nitrogen and oxygen atoms in total. The fourth-order valence-corrected chi connectivity index (χ4v) is 2.12. The van der Waals surface area contributed by atoms with Gasteiger partial charge in [0.1, 0.15) is 0 Å². The van der Waals surface area contributed by atoms with E-state index in [2.05, 4.69) is 16.4 Å². The summed E-state index contributed by atoms with van der Waals surface area (Å²) in [6.07, 6.45) is 1.32. The Morgan fingerprint density at radius 3 is 2.68 bits per heavy atom. The molecule has 1 heterocycles. The standard InChI is InChI=1S/C16H20N2O/c1-12-6-3-4-8-15(12)16(19)11-17-10-14-7-5-9-18-13(14)2/h3-9,16-17,19H,10-11H2,1-2H3. The van der Waals surface area contributed by atoms with Crippen LogP contribution in [-0.2, 0) is 6.54 Å². The average Bonchev–Trinajstić information content (AvgIpc) is 2.41. The van der Waals surface area contributed by atoms with Gasteiger partial charge in [0.25, 0.3) is 0 Å². The van der Waals surface area contributed by atoms with Gasteiger partial charge >= 0.3 is 0 Å². The summed E-state index contributed by atoms with van der Waals surface area (Å²) in [7, 11) is 0. The third-order valence-corrected chi connectivity index (χ3v) is 3.32. The van der Waals surface area contributed by atoms with Crippen LogP contribution in [0, 0.1) is 13.8 Å². The quantitative estimate of drug-likeness (QED) is 0.864. The molecule has 0 bridgehead atoms. The van der Waals surface area contributed by atoms with Crippen LogP contribution >= 0.6 is 0 Å². The number of hydrogen-bond acceptors (Lipinski definition) is 3. The van der Waals surface area contributed by atoms with Crippen molar-refractivity contribution in [3.8, 4) is 0 Å². The van der Waals surface area contributed by atoms with Crippen LogP contribution in [-0.4, -0.2) is 16.6 Å². The summed E-state index contributed by atoms with van der Waals surface area (Å²) in [5.41, 5.74) is 4.30. The van der Waals surface area contributed by atoms with Crippen molar-refractivity contribution >= 4 is 0 Å². The first kappa shape index (κ1) is 13.7. The van der Waals surface area contributed by atoms with Crippen LogP contribution in [0.4, 0.5) is 0 Å². The predicted octanol–water partition coefficient (Wildman–Crippen LogP) is 2.52. The summed E-state index contributed by atoms with van der Waals surface area (Å²) in [5, 5.41) is 13.4. The van der Waals surface area contributed by atoms with Crippen LogP contribution in [0.25, 0.3) is 0 Å². The van der Waals surface area contributed by atoms with E-state index in [9.17, 15) is 5.11 Å². The predicted molar refractivity (Wildman–Crippen MR) is 76.8 cm³/mol. The Morgan fingerprint density at radius 2 is 1.95 bits per heavy atom. The van der Waals surface area contributed by atoms with Crippen molar-refractivity contribution in [1.82, 2.24) is 10.3 Å². The Balaban J connectivity index is 1.90. The number of benzene rings is 1. The molecule has 0 saturated heterocycles. The highest BCUT2D eigenvalue weighted by Gasteiger charge is 2.09. The zero-order chi connectivity index (χ0) is 13.7. The molecule has 100 valence electrons. The summed E-state index contributed by atoms with van der Waals surface area (Å²) in [4.78, 5) is 4.25. The first-order valence-electron chi connectivity index (χ1n) is 6.53. The monoisotopic (exact) mass is 256 g/mol. The number of nitrogens with one attached hydrogen (secondary N) is 1.